The van der Waals surface area contributed by atoms with E-state index in [4.69, 9.17) is 5.11 Å². The Kier molecular flexibility index (Phi) is 20.1. The second-order valence-corrected chi connectivity index (χ2v) is 9.64. The second kappa shape index (κ2) is 20.8. The number of carboxylic acids is 2. The minimum absolute atomic E-state index is 0.222. The molecule has 0 heterocycles. The molecule has 4 heteroatoms. The highest BCUT2D eigenvalue weighted by Gasteiger charge is 2.36. The lowest BCUT2D eigenvalue weighted by Crippen LogP contribution is -2.31. The summed E-state index contributed by atoms with van der Waals surface area (Å²) in [7, 11) is 0. The van der Waals surface area contributed by atoms with Crippen LogP contribution in [0.5, 0.6) is 0 Å². The van der Waals surface area contributed by atoms with Crippen molar-refractivity contribution >= 4 is 11.9 Å². The van der Waals surface area contributed by atoms with Gasteiger partial charge < -0.3 is 10.2 Å². The summed E-state index contributed by atoms with van der Waals surface area (Å²) < 4.78 is 0. The average Bonchev–Trinajstić information content (AvgIpc) is 2.73. The van der Waals surface area contributed by atoms with Gasteiger partial charge in [-0.3, -0.25) is 9.59 Å². The number of hydrogen-bond acceptors (Lipinski definition) is 2. The first-order valence-electron chi connectivity index (χ1n) is 13.4. The third kappa shape index (κ3) is 17.2. The van der Waals surface area contributed by atoms with Crippen LogP contribution in [0.2, 0.25) is 0 Å². The standard InChI is InChI=1S/C27H52O4/c1-3-5-7-9-11-14-18-22-27(26(30)31,23-19-15-12-10-8-6-4-2)24-20-16-13-17-21-25(28)29/h3-24H2,1-2H3,(H,28,29)(H,30,31). The Labute approximate surface area is 192 Å². The Morgan fingerprint density at radius 1 is 0.516 bits per heavy atom. The van der Waals surface area contributed by atoms with E-state index in [9.17, 15) is 14.7 Å². The first kappa shape index (κ1) is 29.9. The Balaban J connectivity index is 4.50. The van der Waals surface area contributed by atoms with E-state index in [1.54, 1.807) is 0 Å². The minimum Gasteiger partial charge on any atom is -0.481 e. The summed E-state index contributed by atoms with van der Waals surface area (Å²) in [6, 6.07) is 0. The summed E-state index contributed by atoms with van der Waals surface area (Å²) in [5.41, 5.74) is -0.570. The van der Waals surface area contributed by atoms with E-state index in [1.807, 2.05) is 0 Å². The fraction of sp³-hybridized carbons (Fsp3) is 0.926. The van der Waals surface area contributed by atoms with Gasteiger partial charge in [-0.1, -0.05) is 123 Å². The molecule has 0 amide bonds. The van der Waals surface area contributed by atoms with Crippen LogP contribution in [-0.2, 0) is 9.59 Å². The largest absolute Gasteiger partial charge is 0.481 e. The summed E-state index contributed by atoms with van der Waals surface area (Å²) in [6.07, 6.45) is 23.1. The summed E-state index contributed by atoms with van der Waals surface area (Å²) in [5, 5.41) is 18.9. The SMILES string of the molecule is CCCCCCCCCC(CCCCCCCCC)(CCCCCCC(=O)O)C(=O)O. The molecule has 0 aromatic rings. The van der Waals surface area contributed by atoms with Gasteiger partial charge in [0, 0.05) is 6.42 Å². The van der Waals surface area contributed by atoms with Gasteiger partial charge in [0.2, 0.25) is 0 Å². The van der Waals surface area contributed by atoms with E-state index in [2.05, 4.69) is 13.8 Å². The van der Waals surface area contributed by atoms with Crippen LogP contribution >= 0.6 is 0 Å². The van der Waals surface area contributed by atoms with Crippen molar-refractivity contribution in [3.05, 3.63) is 0 Å². The summed E-state index contributed by atoms with van der Waals surface area (Å²) >= 11 is 0. The number of rotatable bonds is 24. The molecule has 0 atom stereocenters. The van der Waals surface area contributed by atoms with Gasteiger partial charge >= 0.3 is 11.9 Å². The van der Waals surface area contributed by atoms with Crippen molar-refractivity contribution in [2.45, 2.75) is 155 Å². The monoisotopic (exact) mass is 440 g/mol. The molecule has 0 saturated heterocycles. The van der Waals surface area contributed by atoms with E-state index in [-0.39, 0.29) is 6.42 Å². The van der Waals surface area contributed by atoms with Crippen LogP contribution in [0.1, 0.15) is 155 Å². The van der Waals surface area contributed by atoms with Gasteiger partial charge in [-0.15, -0.1) is 0 Å². The van der Waals surface area contributed by atoms with Crippen LogP contribution in [-0.4, -0.2) is 22.2 Å². The molecule has 0 aromatic carbocycles. The number of unbranched alkanes of at least 4 members (excludes halogenated alkanes) is 15. The molecule has 184 valence electrons. The van der Waals surface area contributed by atoms with Crippen molar-refractivity contribution in [3.63, 3.8) is 0 Å². The van der Waals surface area contributed by atoms with E-state index < -0.39 is 17.4 Å². The quantitative estimate of drug-likeness (QED) is 0.147. The molecule has 0 spiro atoms. The maximum atomic E-state index is 12.4. The van der Waals surface area contributed by atoms with Crippen molar-refractivity contribution in [1.82, 2.24) is 0 Å². The zero-order valence-corrected chi connectivity index (χ0v) is 20.8. The molecule has 31 heavy (non-hydrogen) atoms. The van der Waals surface area contributed by atoms with Gasteiger partial charge in [0.1, 0.15) is 0 Å². The van der Waals surface area contributed by atoms with Crippen LogP contribution in [0.4, 0.5) is 0 Å². The third-order valence-electron chi connectivity index (χ3n) is 6.77. The number of carboxylic acid groups (broad SMARTS) is 2. The van der Waals surface area contributed by atoms with E-state index >= 15 is 0 Å². The Morgan fingerprint density at radius 3 is 1.16 bits per heavy atom. The maximum absolute atomic E-state index is 12.4. The molecule has 0 saturated carbocycles. The summed E-state index contributed by atoms with van der Waals surface area (Å²) in [6.45, 7) is 4.46. The minimum atomic E-state index is -0.738. The van der Waals surface area contributed by atoms with Gasteiger partial charge in [-0.25, -0.2) is 0 Å². The van der Waals surface area contributed by atoms with Gasteiger partial charge in [0.05, 0.1) is 5.41 Å². The van der Waals surface area contributed by atoms with Crippen LogP contribution in [0.25, 0.3) is 0 Å². The van der Waals surface area contributed by atoms with Crippen molar-refractivity contribution in [2.75, 3.05) is 0 Å². The Bertz CT molecular complexity index is 415. The van der Waals surface area contributed by atoms with Crippen molar-refractivity contribution < 1.29 is 19.8 Å². The lowest BCUT2D eigenvalue weighted by atomic mass is 9.74. The molecule has 0 aliphatic rings. The highest BCUT2D eigenvalue weighted by atomic mass is 16.4. The van der Waals surface area contributed by atoms with Crippen molar-refractivity contribution in [1.29, 1.82) is 0 Å². The topological polar surface area (TPSA) is 74.6 Å². The van der Waals surface area contributed by atoms with E-state index in [0.29, 0.717) is 6.42 Å². The zero-order chi connectivity index (χ0) is 23.2. The van der Waals surface area contributed by atoms with Crippen LogP contribution in [0, 0.1) is 5.41 Å². The molecule has 0 rings (SSSR count). The molecule has 0 unspecified atom stereocenters. The fourth-order valence-electron chi connectivity index (χ4n) is 4.63. The molecule has 0 aliphatic carbocycles. The van der Waals surface area contributed by atoms with Gasteiger partial charge in [-0.05, 0) is 25.7 Å². The normalized spacial score (nSPS) is 11.7. The first-order valence-corrected chi connectivity index (χ1v) is 13.4. The van der Waals surface area contributed by atoms with Crippen molar-refractivity contribution in [3.8, 4) is 0 Å². The summed E-state index contributed by atoms with van der Waals surface area (Å²) in [4.78, 5) is 23.0. The third-order valence-corrected chi connectivity index (χ3v) is 6.77. The van der Waals surface area contributed by atoms with Crippen LogP contribution < -0.4 is 0 Å². The van der Waals surface area contributed by atoms with Gasteiger partial charge in [0.25, 0.3) is 0 Å². The van der Waals surface area contributed by atoms with E-state index in [0.717, 1.165) is 64.2 Å². The predicted octanol–water partition coefficient (Wildman–Crippen LogP) is 8.76. The Hall–Kier alpha value is -1.06. The number of hydrogen-bond donors (Lipinski definition) is 2. The van der Waals surface area contributed by atoms with E-state index in [1.165, 1.54) is 64.2 Å². The fourth-order valence-corrected chi connectivity index (χ4v) is 4.63. The molecule has 0 bridgehead atoms. The molecular formula is C27H52O4. The molecule has 2 N–H and O–H groups in total. The average molecular weight is 441 g/mol. The van der Waals surface area contributed by atoms with Crippen LogP contribution in [0.3, 0.4) is 0 Å². The molecule has 0 aromatic heterocycles. The predicted molar refractivity (Wildman–Crippen MR) is 131 cm³/mol. The zero-order valence-electron chi connectivity index (χ0n) is 20.8. The summed E-state index contributed by atoms with van der Waals surface area (Å²) in [5.74, 6) is -1.34. The maximum Gasteiger partial charge on any atom is 0.309 e. The number of aliphatic carboxylic acids is 2. The second-order valence-electron chi connectivity index (χ2n) is 9.64. The van der Waals surface area contributed by atoms with Gasteiger partial charge in [-0.2, -0.15) is 0 Å². The molecule has 0 radical (unpaired) electrons. The Morgan fingerprint density at radius 2 is 0.839 bits per heavy atom. The molecular weight excluding hydrogens is 388 g/mol. The van der Waals surface area contributed by atoms with Gasteiger partial charge in [0.15, 0.2) is 0 Å². The highest BCUT2D eigenvalue weighted by molar-refractivity contribution is 5.74. The lowest BCUT2D eigenvalue weighted by molar-refractivity contribution is -0.150. The lowest BCUT2D eigenvalue weighted by Gasteiger charge is -2.30. The molecule has 4 nitrogen and oxygen atoms in total. The van der Waals surface area contributed by atoms with Crippen molar-refractivity contribution in [2.24, 2.45) is 5.41 Å². The number of carbonyl (C=O) groups is 2. The first-order chi connectivity index (χ1) is 15.0. The molecule has 0 fully saturated rings. The smallest absolute Gasteiger partial charge is 0.309 e. The molecule has 0 aliphatic heterocycles. The van der Waals surface area contributed by atoms with Crippen LogP contribution in [0.15, 0.2) is 0 Å². The highest BCUT2D eigenvalue weighted by Crippen LogP contribution is 2.38.